The van der Waals surface area contributed by atoms with Gasteiger partial charge in [-0.05, 0) is 55.2 Å². The largest absolute Gasteiger partial charge is 0.497 e. The van der Waals surface area contributed by atoms with E-state index in [1.54, 1.807) is 32.2 Å². The minimum atomic E-state index is -3.63. The monoisotopic (exact) mass is 424 g/mol. The van der Waals surface area contributed by atoms with Gasteiger partial charge in [-0.1, -0.05) is 29.8 Å². The van der Waals surface area contributed by atoms with Crippen LogP contribution in [0.1, 0.15) is 17.5 Å². The first kappa shape index (κ1) is 22.0. The summed E-state index contributed by atoms with van der Waals surface area (Å²) in [6, 6.07) is 12.7. The molecule has 0 atom stereocenters. The maximum atomic E-state index is 12.3. The molecule has 1 N–H and O–H groups in total. The second kappa shape index (κ2) is 9.80. The average Bonchev–Trinajstić information content (AvgIpc) is 2.65. The van der Waals surface area contributed by atoms with E-state index in [9.17, 15) is 13.2 Å². The summed E-state index contributed by atoms with van der Waals surface area (Å²) in [5.41, 5.74) is 2.27. The van der Waals surface area contributed by atoms with Gasteiger partial charge in [-0.2, -0.15) is 0 Å². The number of hydrogen-bond donors (Lipinski definition) is 1. The predicted molar refractivity (Wildman–Crippen MR) is 113 cm³/mol. The van der Waals surface area contributed by atoms with E-state index in [2.05, 4.69) is 5.32 Å². The summed E-state index contributed by atoms with van der Waals surface area (Å²) >= 11 is 6.00. The number of aryl methyl sites for hydroxylation is 2. The zero-order chi connectivity index (χ0) is 20.7. The molecule has 0 saturated heterocycles. The van der Waals surface area contributed by atoms with Crippen molar-refractivity contribution in [3.05, 3.63) is 58.6 Å². The molecule has 0 unspecified atom stereocenters. The smallest absolute Gasteiger partial charge is 0.240 e. The second-order valence-electron chi connectivity index (χ2n) is 6.50. The number of ether oxygens (including phenoxy) is 1. The van der Waals surface area contributed by atoms with Gasteiger partial charge in [0.1, 0.15) is 12.3 Å². The number of nitrogens with zero attached hydrogens (tertiary/aromatic N) is 1. The summed E-state index contributed by atoms with van der Waals surface area (Å²) in [6.07, 6.45) is 2.62. The number of hydrogen-bond acceptors (Lipinski definition) is 4. The molecule has 2 aromatic rings. The number of rotatable bonds is 9. The molecular formula is C20H25ClN2O4S. The standard InChI is InChI=1S/C20H25ClN2O4S/c1-15-6-9-17(21)13-19(15)23(28(3,25)26)14-20(24)22-12-4-5-16-7-10-18(27-2)11-8-16/h6-11,13H,4-5,12,14H2,1-3H3,(H,22,24). The highest BCUT2D eigenvalue weighted by molar-refractivity contribution is 7.92. The summed E-state index contributed by atoms with van der Waals surface area (Å²) in [7, 11) is -2.01. The third-order valence-corrected chi connectivity index (χ3v) is 5.61. The van der Waals surface area contributed by atoms with Crippen LogP contribution in [0.25, 0.3) is 0 Å². The molecule has 0 bridgehead atoms. The van der Waals surface area contributed by atoms with Gasteiger partial charge in [-0.25, -0.2) is 8.42 Å². The molecule has 0 fully saturated rings. The van der Waals surface area contributed by atoms with E-state index in [0.717, 1.165) is 40.3 Å². The molecule has 2 aromatic carbocycles. The van der Waals surface area contributed by atoms with Gasteiger partial charge in [0.25, 0.3) is 0 Å². The molecular weight excluding hydrogens is 400 g/mol. The molecule has 0 spiro atoms. The number of carbonyl (C=O) groups is 1. The topological polar surface area (TPSA) is 75.7 Å². The molecule has 6 nitrogen and oxygen atoms in total. The van der Waals surface area contributed by atoms with Crippen molar-refractivity contribution < 1.29 is 17.9 Å². The van der Waals surface area contributed by atoms with Crippen molar-refractivity contribution in [1.82, 2.24) is 5.32 Å². The minimum Gasteiger partial charge on any atom is -0.497 e. The molecule has 0 heterocycles. The Labute approximate surface area is 171 Å². The molecule has 2 rings (SSSR count). The van der Waals surface area contributed by atoms with Crippen LogP contribution < -0.4 is 14.4 Å². The Hall–Kier alpha value is -2.25. The summed E-state index contributed by atoms with van der Waals surface area (Å²) < 4.78 is 30.6. The van der Waals surface area contributed by atoms with Crippen LogP contribution in [0, 0.1) is 6.92 Å². The van der Waals surface area contributed by atoms with E-state index in [-0.39, 0.29) is 12.5 Å². The van der Waals surface area contributed by atoms with Crippen LogP contribution >= 0.6 is 11.6 Å². The SMILES string of the molecule is COc1ccc(CCCNC(=O)CN(c2cc(Cl)ccc2C)S(C)(=O)=O)cc1. The lowest BCUT2D eigenvalue weighted by Crippen LogP contribution is -2.41. The lowest BCUT2D eigenvalue weighted by molar-refractivity contribution is -0.119. The van der Waals surface area contributed by atoms with E-state index < -0.39 is 10.0 Å². The predicted octanol–water partition coefficient (Wildman–Crippen LogP) is 3.17. The average molecular weight is 425 g/mol. The van der Waals surface area contributed by atoms with Crippen LogP contribution in [0.4, 0.5) is 5.69 Å². The molecule has 0 radical (unpaired) electrons. The van der Waals surface area contributed by atoms with Crippen LogP contribution in [-0.2, 0) is 21.2 Å². The number of methoxy groups -OCH3 is 1. The quantitative estimate of drug-likeness (QED) is 0.627. The first-order valence-corrected chi connectivity index (χ1v) is 11.1. The van der Waals surface area contributed by atoms with Gasteiger partial charge in [0.2, 0.25) is 15.9 Å². The lowest BCUT2D eigenvalue weighted by atomic mass is 10.1. The minimum absolute atomic E-state index is 0.289. The van der Waals surface area contributed by atoms with Gasteiger partial charge in [-0.15, -0.1) is 0 Å². The zero-order valence-electron chi connectivity index (χ0n) is 16.2. The number of anilines is 1. The number of sulfonamides is 1. The number of amides is 1. The van der Waals surface area contributed by atoms with Crippen LogP contribution in [0.3, 0.4) is 0 Å². The maximum Gasteiger partial charge on any atom is 0.240 e. The second-order valence-corrected chi connectivity index (χ2v) is 8.85. The Kier molecular flexibility index (Phi) is 7.71. The van der Waals surface area contributed by atoms with E-state index in [4.69, 9.17) is 16.3 Å². The highest BCUT2D eigenvalue weighted by Gasteiger charge is 2.22. The number of benzene rings is 2. The molecule has 28 heavy (non-hydrogen) atoms. The molecule has 0 aromatic heterocycles. The van der Waals surface area contributed by atoms with E-state index >= 15 is 0 Å². The number of nitrogens with one attached hydrogen (secondary N) is 1. The highest BCUT2D eigenvalue weighted by Crippen LogP contribution is 2.26. The number of halogens is 1. The molecule has 8 heteroatoms. The first-order valence-electron chi connectivity index (χ1n) is 8.84. The van der Waals surface area contributed by atoms with E-state index in [1.165, 1.54) is 0 Å². The summed E-state index contributed by atoms with van der Waals surface area (Å²) in [5.74, 6) is 0.439. The summed E-state index contributed by atoms with van der Waals surface area (Å²) in [6.45, 7) is 1.94. The fraction of sp³-hybridized carbons (Fsp3) is 0.350. The Balaban J connectivity index is 1.92. The third kappa shape index (κ3) is 6.42. The summed E-state index contributed by atoms with van der Waals surface area (Å²) in [5, 5.41) is 3.19. The van der Waals surface area contributed by atoms with E-state index in [1.807, 2.05) is 24.3 Å². The highest BCUT2D eigenvalue weighted by atomic mass is 35.5. The molecule has 0 aliphatic carbocycles. The Morgan fingerprint density at radius 1 is 1.18 bits per heavy atom. The summed E-state index contributed by atoms with van der Waals surface area (Å²) in [4.78, 5) is 12.3. The van der Waals surface area contributed by atoms with Crippen LogP contribution in [0.5, 0.6) is 5.75 Å². The van der Waals surface area contributed by atoms with Gasteiger partial charge < -0.3 is 10.1 Å². The fourth-order valence-corrected chi connectivity index (χ4v) is 3.80. The van der Waals surface area contributed by atoms with Crippen molar-refractivity contribution in [3.63, 3.8) is 0 Å². The number of carbonyl (C=O) groups excluding carboxylic acids is 1. The van der Waals surface area contributed by atoms with Crippen LogP contribution in [0.2, 0.25) is 5.02 Å². The zero-order valence-corrected chi connectivity index (χ0v) is 17.8. The van der Waals surface area contributed by atoms with Crippen molar-refractivity contribution >= 4 is 33.2 Å². The first-order chi connectivity index (χ1) is 13.2. The van der Waals surface area contributed by atoms with Crippen molar-refractivity contribution in [3.8, 4) is 5.75 Å². The molecule has 0 aliphatic heterocycles. The van der Waals surface area contributed by atoms with Crippen molar-refractivity contribution in [1.29, 1.82) is 0 Å². The van der Waals surface area contributed by atoms with Crippen LogP contribution in [0.15, 0.2) is 42.5 Å². The van der Waals surface area contributed by atoms with E-state index in [0.29, 0.717) is 17.3 Å². The Morgan fingerprint density at radius 3 is 2.46 bits per heavy atom. The fourth-order valence-electron chi connectivity index (χ4n) is 2.73. The van der Waals surface area contributed by atoms with Crippen molar-refractivity contribution in [2.24, 2.45) is 0 Å². The lowest BCUT2D eigenvalue weighted by Gasteiger charge is -2.23. The van der Waals surface area contributed by atoms with Crippen LogP contribution in [-0.4, -0.2) is 40.8 Å². The molecule has 152 valence electrons. The Bertz CT molecular complexity index is 914. The van der Waals surface area contributed by atoms with Gasteiger partial charge >= 0.3 is 0 Å². The van der Waals surface area contributed by atoms with Gasteiger partial charge in [0, 0.05) is 11.6 Å². The Morgan fingerprint density at radius 2 is 1.86 bits per heavy atom. The molecule has 1 amide bonds. The normalized spacial score (nSPS) is 11.1. The molecule has 0 saturated carbocycles. The molecule has 0 aliphatic rings. The van der Waals surface area contributed by atoms with Gasteiger partial charge in [0.05, 0.1) is 19.1 Å². The third-order valence-electron chi connectivity index (χ3n) is 4.25. The maximum absolute atomic E-state index is 12.3. The van der Waals surface area contributed by atoms with Gasteiger partial charge in [0.15, 0.2) is 0 Å². The van der Waals surface area contributed by atoms with Crippen molar-refractivity contribution in [2.45, 2.75) is 19.8 Å². The van der Waals surface area contributed by atoms with Gasteiger partial charge in [-0.3, -0.25) is 9.10 Å². The van der Waals surface area contributed by atoms with Crippen molar-refractivity contribution in [2.75, 3.05) is 30.8 Å².